The molecule has 3 fully saturated rings. The van der Waals surface area contributed by atoms with Gasteiger partial charge in [-0.1, -0.05) is 48.7 Å². The Hall–Kier alpha value is -3.46. The number of aryl methyl sites for hydroxylation is 1. The normalized spacial score (nSPS) is 31.5. The van der Waals surface area contributed by atoms with Crippen molar-refractivity contribution < 1.29 is 23.6 Å². The Morgan fingerprint density at radius 3 is 2.38 bits per heavy atom. The number of aromatic nitrogens is 1. The molecule has 1 aromatic heterocycles. The smallest absolute Gasteiger partial charge is 0.246 e. The summed E-state index contributed by atoms with van der Waals surface area (Å²) < 4.78 is 11.7. The Bertz CT molecular complexity index is 1370. The van der Waals surface area contributed by atoms with Gasteiger partial charge in [-0.2, -0.15) is 0 Å². The number of anilines is 2. The highest BCUT2D eigenvalue weighted by molar-refractivity contribution is 6.11. The number of ether oxygens (including phenoxy) is 1. The highest BCUT2D eigenvalue weighted by atomic mass is 16.5. The van der Waals surface area contributed by atoms with Crippen LogP contribution in [0.3, 0.4) is 0 Å². The van der Waals surface area contributed by atoms with Crippen molar-refractivity contribution in [1.82, 2.24) is 10.5 Å². The van der Waals surface area contributed by atoms with Crippen molar-refractivity contribution in [3.05, 3.63) is 53.8 Å². The van der Waals surface area contributed by atoms with Crippen molar-refractivity contribution in [1.29, 1.82) is 0 Å². The van der Waals surface area contributed by atoms with Crippen molar-refractivity contribution in [2.24, 2.45) is 11.8 Å². The van der Waals surface area contributed by atoms with E-state index in [2.05, 4.69) is 27.9 Å². The van der Waals surface area contributed by atoms with Gasteiger partial charge in [0.2, 0.25) is 17.7 Å². The summed E-state index contributed by atoms with van der Waals surface area (Å²) in [5.74, 6) is -1.42. The second kappa shape index (κ2) is 9.29. The SMILES string of the molecule is Cc1cc(NC(=O)[C@H]2[C@@H]3C(=O)N(c4ccc(C5CCCCC5)cc4)[C@H](C(=O)NC(C)(C)C)[C@@]34C=C[C@]2(C)O4)no1. The minimum absolute atomic E-state index is 0.273. The summed E-state index contributed by atoms with van der Waals surface area (Å²) in [6.07, 6.45) is 9.73. The maximum atomic E-state index is 14.4. The summed E-state index contributed by atoms with van der Waals surface area (Å²) in [7, 11) is 0. The lowest BCUT2D eigenvalue weighted by molar-refractivity contribution is -0.131. The first-order valence-electron chi connectivity index (χ1n) is 14.3. The van der Waals surface area contributed by atoms with Crippen molar-refractivity contribution >= 4 is 29.2 Å². The van der Waals surface area contributed by atoms with Crippen LogP contribution in [0.1, 0.15) is 77.0 Å². The topological polar surface area (TPSA) is 114 Å². The number of carbonyl (C=O) groups is 3. The zero-order valence-corrected chi connectivity index (χ0v) is 23.8. The number of rotatable bonds is 5. The molecule has 6 rings (SSSR count). The lowest BCUT2D eigenvalue weighted by Gasteiger charge is -2.35. The van der Waals surface area contributed by atoms with Gasteiger partial charge in [0.05, 0.1) is 17.4 Å². The molecule has 0 radical (unpaired) electrons. The van der Waals surface area contributed by atoms with Crippen LogP contribution in [0.25, 0.3) is 0 Å². The van der Waals surface area contributed by atoms with E-state index < -0.39 is 40.5 Å². The largest absolute Gasteiger partial charge is 0.360 e. The van der Waals surface area contributed by atoms with Gasteiger partial charge in [0.1, 0.15) is 17.4 Å². The number of nitrogens with zero attached hydrogens (tertiary/aromatic N) is 2. The molecule has 212 valence electrons. The van der Waals surface area contributed by atoms with Gasteiger partial charge >= 0.3 is 0 Å². The predicted molar refractivity (Wildman–Crippen MR) is 150 cm³/mol. The van der Waals surface area contributed by atoms with Crippen LogP contribution in [0.5, 0.6) is 0 Å². The number of carbonyl (C=O) groups excluding carboxylic acids is 3. The fourth-order valence-electron chi connectivity index (χ4n) is 7.22. The van der Waals surface area contributed by atoms with Crippen LogP contribution in [0, 0.1) is 18.8 Å². The highest BCUT2D eigenvalue weighted by Gasteiger charge is 2.76. The number of fused-ring (bicyclic) bond motifs is 1. The first-order chi connectivity index (χ1) is 18.9. The van der Waals surface area contributed by atoms with Gasteiger partial charge in [0.25, 0.3) is 0 Å². The maximum Gasteiger partial charge on any atom is 0.246 e. The average molecular weight is 547 g/mol. The highest BCUT2D eigenvalue weighted by Crippen LogP contribution is 2.60. The van der Waals surface area contributed by atoms with Gasteiger partial charge in [-0.25, -0.2) is 0 Å². The third-order valence-electron chi connectivity index (χ3n) is 8.85. The van der Waals surface area contributed by atoms with E-state index in [1.165, 1.54) is 37.7 Å². The van der Waals surface area contributed by atoms with E-state index >= 15 is 0 Å². The number of hydrogen-bond acceptors (Lipinski definition) is 6. The molecule has 2 saturated heterocycles. The van der Waals surface area contributed by atoms with Crippen LogP contribution in [0.2, 0.25) is 0 Å². The fourth-order valence-corrected chi connectivity index (χ4v) is 7.22. The zero-order chi connectivity index (χ0) is 28.4. The van der Waals surface area contributed by atoms with E-state index in [1.54, 1.807) is 24.8 Å². The van der Waals surface area contributed by atoms with Crippen molar-refractivity contribution in [2.75, 3.05) is 10.2 Å². The third-order valence-corrected chi connectivity index (χ3v) is 8.85. The molecular weight excluding hydrogens is 508 g/mol. The van der Waals surface area contributed by atoms with E-state index in [-0.39, 0.29) is 17.6 Å². The average Bonchev–Trinajstić information content (AvgIpc) is 3.60. The monoisotopic (exact) mass is 546 g/mol. The number of nitrogens with one attached hydrogen (secondary N) is 2. The molecular formula is C31H38N4O5. The molecule has 0 unspecified atom stereocenters. The van der Waals surface area contributed by atoms with E-state index in [9.17, 15) is 14.4 Å². The second-order valence-corrected chi connectivity index (χ2v) is 13.0. The molecule has 1 saturated carbocycles. The number of hydrogen-bond donors (Lipinski definition) is 2. The van der Waals surface area contributed by atoms with Gasteiger partial charge in [0.15, 0.2) is 5.82 Å². The first-order valence-corrected chi connectivity index (χ1v) is 14.3. The quantitative estimate of drug-likeness (QED) is 0.529. The summed E-state index contributed by atoms with van der Waals surface area (Å²) in [4.78, 5) is 43.6. The lowest BCUT2D eigenvalue weighted by atomic mass is 9.70. The minimum Gasteiger partial charge on any atom is -0.360 e. The van der Waals surface area contributed by atoms with Crippen LogP contribution >= 0.6 is 0 Å². The van der Waals surface area contributed by atoms with Crippen LogP contribution in [-0.2, 0) is 19.1 Å². The fraction of sp³-hybridized carbons (Fsp3) is 0.548. The van der Waals surface area contributed by atoms with E-state index in [0.717, 1.165) is 0 Å². The van der Waals surface area contributed by atoms with Gasteiger partial charge in [0, 0.05) is 17.3 Å². The number of benzene rings is 1. The molecule has 5 atom stereocenters. The van der Waals surface area contributed by atoms with Crippen LogP contribution < -0.4 is 15.5 Å². The molecule has 1 spiro atoms. The molecule has 1 aliphatic carbocycles. The zero-order valence-electron chi connectivity index (χ0n) is 23.8. The minimum atomic E-state index is -1.29. The van der Waals surface area contributed by atoms with Crippen LogP contribution in [-0.4, -0.2) is 45.7 Å². The van der Waals surface area contributed by atoms with Crippen LogP contribution in [0.4, 0.5) is 11.5 Å². The summed E-state index contributed by atoms with van der Waals surface area (Å²) in [5.41, 5.74) is -0.990. The number of amides is 3. The molecule has 9 heteroatoms. The summed E-state index contributed by atoms with van der Waals surface area (Å²) >= 11 is 0. The molecule has 4 heterocycles. The summed E-state index contributed by atoms with van der Waals surface area (Å²) in [6.45, 7) is 9.24. The van der Waals surface area contributed by atoms with E-state index in [4.69, 9.17) is 9.26 Å². The lowest BCUT2D eigenvalue weighted by Crippen LogP contribution is -2.58. The predicted octanol–water partition coefficient (Wildman–Crippen LogP) is 4.63. The van der Waals surface area contributed by atoms with Crippen molar-refractivity contribution in [3.63, 3.8) is 0 Å². The molecule has 4 aliphatic rings. The molecule has 2 bridgehead atoms. The molecule has 3 amide bonds. The summed E-state index contributed by atoms with van der Waals surface area (Å²) in [6, 6.07) is 8.67. The summed E-state index contributed by atoms with van der Waals surface area (Å²) in [5, 5.41) is 9.74. The Kier molecular flexibility index (Phi) is 6.22. The van der Waals surface area contributed by atoms with Gasteiger partial charge < -0.3 is 19.9 Å². The van der Waals surface area contributed by atoms with Crippen LogP contribution in [0.15, 0.2) is 47.0 Å². The first kappa shape index (κ1) is 26.7. The molecule has 3 aliphatic heterocycles. The molecule has 1 aromatic carbocycles. The Morgan fingerprint density at radius 2 is 1.75 bits per heavy atom. The molecule has 40 heavy (non-hydrogen) atoms. The second-order valence-electron chi connectivity index (χ2n) is 13.0. The Balaban J connectivity index is 1.38. The molecule has 9 nitrogen and oxygen atoms in total. The van der Waals surface area contributed by atoms with Gasteiger partial charge in [-0.3, -0.25) is 19.3 Å². The van der Waals surface area contributed by atoms with E-state index in [0.29, 0.717) is 17.4 Å². The third kappa shape index (κ3) is 4.26. The van der Waals surface area contributed by atoms with Crippen molar-refractivity contribution in [3.8, 4) is 0 Å². The van der Waals surface area contributed by atoms with Crippen molar-refractivity contribution in [2.45, 2.75) is 95.4 Å². The standard InChI is InChI=1S/C31H38N4O5/c1-18-17-22(34-39-18)32-26(36)23-24-28(38)35(21-13-11-20(12-14-21)19-9-7-6-8-10-19)25(27(37)33-29(2,3)4)31(24)16-15-30(23,5)40-31/h11-17,19,23-25H,6-10H2,1-5H3,(H,33,37)(H,32,34,36)/t23-,24-,25-,30+,31-/m1/s1. The van der Waals surface area contributed by atoms with Gasteiger partial charge in [-0.05, 0) is 71.1 Å². The Morgan fingerprint density at radius 1 is 1.05 bits per heavy atom. The molecule has 2 aromatic rings. The van der Waals surface area contributed by atoms with E-state index in [1.807, 2.05) is 45.1 Å². The maximum absolute atomic E-state index is 14.4. The van der Waals surface area contributed by atoms with Gasteiger partial charge in [-0.15, -0.1) is 0 Å². The molecule has 2 N–H and O–H groups in total. The Labute approximate surface area is 234 Å².